The van der Waals surface area contributed by atoms with Gasteiger partial charge in [-0.1, -0.05) is 6.58 Å². The van der Waals surface area contributed by atoms with Crippen molar-refractivity contribution in [3.8, 4) is 6.07 Å². The number of hydrogen-bond acceptors (Lipinski definition) is 3. The van der Waals surface area contributed by atoms with Crippen molar-refractivity contribution in [2.24, 2.45) is 0 Å². The van der Waals surface area contributed by atoms with Gasteiger partial charge >= 0.3 is 0 Å². The van der Waals surface area contributed by atoms with Crippen LogP contribution < -0.4 is 0 Å². The Hall–Kier alpha value is -1.66. The van der Waals surface area contributed by atoms with Gasteiger partial charge in [-0.15, -0.1) is 0 Å². The van der Waals surface area contributed by atoms with Crippen LogP contribution in [0.15, 0.2) is 36.7 Å². The fourth-order valence-electron chi connectivity index (χ4n) is 0.808. The van der Waals surface area contributed by atoms with Crippen LogP contribution in [-0.4, -0.2) is 10.1 Å². The van der Waals surface area contributed by atoms with Gasteiger partial charge in [0.15, 0.2) is 0 Å². The van der Waals surface area contributed by atoms with Crippen LogP contribution >= 0.6 is 0 Å². The number of pyridine rings is 1. The highest BCUT2D eigenvalue weighted by Crippen LogP contribution is 2.17. The summed E-state index contributed by atoms with van der Waals surface area (Å²) in [6.07, 6.45) is 2.21. The summed E-state index contributed by atoms with van der Waals surface area (Å²) in [5.74, 6) is 0. The average Bonchev–Trinajstić information content (AvgIpc) is 2.17. The van der Waals surface area contributed by atoms with Gasteiger partial charge in [-0.05, 0) is 17.7 Å². The quantitative estimate of drug-likeness (QED) is 0.661. The third-order valence-electron chi connectivity index (χ3n) is 1.50. The Kier molecular flexibility index (Phi) is 2.57. The molecule has 3 heteroatoms. The van der Waals surface area contributed by atoms with Crippen LogP contribution in [0.4, 0.5) is 0 Å². The lowest BCUT2D eigenvalue weighted by atomic mass is 10.1. The molecule has 0 amide bonds. The Morgan fingerprint density at radius 1 is 1.58 bits per heavy atom. The standard InChI is InChI=1S/C9H8N2O/c1-7(6-10)9(12)8-2-4-11-5-3-8/h2-5,9,12H,1H2/t9-/m0/s1. The zero-order valence-corrected chi connectivity index (χ0v) is 6.44. The van der Waals surface area contributed by atoms with Crippen LogP contribution in [0.25, 0.3) is 0 Å². The molecule has 0 saturated heterocycles. The fraction of sp³-hybridized carbons (Fsp3) is 0.111. The molecule has 0 aliphatic rings. The van der Waals surface area contributed by atoms with Gasteiger partial charge in [0.25, 0.3) is 0 Å². The molecule has 1 atom stereocenters. The van der Waals surface area contributed by atoms with Crippen LogP contribution in [0.3, 0.4) is 0 Å². The van der Waals surface area contributed by atoms with Gasteiger partial charge in [0.1, 0.15) is 6.10 Å². The lowest BCUT2D eigenvalue weighted by Crippen LogP contribution is -1.98. The normalized spacial score (nSPS) is 11.7. The lowest BCUT2D eigenvalue weighted by molar-refractivity contribution is 0.221. The van der Waals surface area contributed by atoms with E-state index in [2.05, 4.69) is 11.6 Å². The molecule has 1 heterocycles. The zero-order valence-electron chi connectivity index (χ0n) is 6.44. The highest BCUT2D eigenvalue weighted by Gasteiger charge is 2.09. The molecule has 0 aliphatic heterocycles. The topological polar surface area (TPSA) is 56.9 Å². The molecule has 0 saturated carbocycles. The van der Waals surface area contributed by atoms with Crippen molar-refractivity contribution < 1.29 is 5.11 Å². The molecule has 60 valence electrons. The van der Waals surface area contributed by atoms with Crippen molar-refractivity contribution in [1.29, 1.82) is 5.26 Å². The van der Waals surface area contributed by atoms with E-state index in [1.807, 2.05) is 0 Å². The second-order valence-corrected chi connectivity index (χ2v) is 2.32. The predicted molar refractivity (Wildman–Crippen MR) is 43.9 cm³/mol. The van der Waals surface area contributed by atoms with E-state index < -0.39 is 6.10 Å². The van der Waals surface area contributed by atoms with Crippen molar-refractivity contribution in [2.75, 3.05) is 0 Å². The SMILES string of the molecule is C=C(C#N)[C@H](O)c1ccncc1. The van der Waals surface area contributed by atoms with Crippen LogP contribution in [0.1, 0.15) is 11.7 Å². The number of hydrogen-bond donors (Lipinski definition) is 1. The Morgan fingerprint density at radius 2 is 2.17 bits per heavy atom. The first-order valence-electron chi connectivity index (χ1n) is 3.42. The summed E-state index contributed by atoms with van der Waals surface area (Å²) in [5.41, 5.74) is 0.776. The summed E-state index contributed by atoms with van der Waals surface area (Å²) in [6.45, 7) is 3.42. The molecule has 1 N–H and O–H groups in total. The summed E-state index contributed by atoms with van der Waals surface area (Å²) < 4.78 is 0. The first kappa shape index (κ1) is 8.44. The Labute approximate surface area is 70.6 Å². The van der Waals surface area contributed by atoms with E-state index in [0.29, 0.717) is 5.56 Å². The number of nitrogens with zero attached hydrogens (tertiary/aromatic N) is 2. The van der Waals surface area contributed by atoms with E-state index in [1.54, 1.807) is 30.6 Å². The minimum atomic E-state index is -0.905. The highest BCUT2D eigenvalue weighted by atomic mass is 16.3. The molecule has 0 aromatic carbocycles. The molecule has 3 nitrogen and oxygen atoms in total. The number of aliphatic hydroxyl groups is 1. The number of rotatable bonds is 2. The largest absolute Gasteiger partial charge is 0.383 e. The molecule has 0 unspecified atom stereocenters. The summed E-state index contributed by atoms with van der Waals surface area (Å²) in [4.78, 5) is 3.79. The fourth-order valence-corrected chi connectivity index (χ4v) is 0.808. The van der Waals surface area contributed by atoms with Crippen molar-refractivity contribution in [3.63, 3.8) is 0 Å². The number of aromatic nitrogens is 1. The van der Waals surface area contributed by atoms with Crippen molar-refractivity contribution in [2.45, 2.75) is 6.10 Å². The third kappa shape index (κ3) is 1.68. The summed E-state index contributed by atoms with van der Waals surface area (Å²) in [7, 11) is 0. The van der Waals surface area contributed by atoms with E-state index in [1.165, 1.54) is 0 Å². The summed E-state index contributed by atoms with van der Waals surface area (Å²) >= 11 is 0. The third-order valence-corrected chi connectivity index (χ3v) is 1.50. The minimum absolute atomic E-state index is 0.140. The molecule has 0 fully saturated rings. The average molecular weight is 160 g/mol. The monoisotopic (exact) mass is 160 g/mol. The highest BCUT2D eigenvalue weighted by molar-refractivity contribution is 5.30. The first-order chi connectivity index (χ1) is 5.75. The maximum absolute atomic E-state index is 9.44. The Balaban J connectivity index is 2.87. The number of aliphatic hydroxyl groups excluding tert-OH is 1. The molecule has 1 aromatic heterocycles. The lowest BCUT2D eigenvalue weighted by Gasteiger charge is -2.06. The van der Waals surface area contributed by atoms with Gasteiger partial charge in [-0.2, -0.15) is 5.26 Å². The molecular formula is C9H8N2O. The van der Waals surface area contributed by atoms with Gasteiger partial charge in [-0.3, -0.25) is 4.98 Å². The molecule has 1 rings (SSSR count). The van der Waals surface area contributed by atoms with E-state index in [0.717, 1.165) is 0 Å². The Bertz CT molecular complexity index is 313. The zero-order chi connectivity index (χ0) is 8.97. The van der Waals surface area contributed by atoms with E-state index in [-0.39, 0.29) is 5.57 Å². The van der Waals surface area contributed by atoms with Crippen LogP contribution in [-0.2, 0) is 0 Å². The number of nitriles is 1. The maximum Gasteiger partial charge on any atom is 0.113 e. The minimum Gasteiger partial charge on any atom is -0.383 e. The first-order valence-corrected chi connectivity index (χ1v) is 3.42. The molecule has 0 spiro atoms. The summed E-state index contributed by atoms with van der Waals surface area (Å²) in [5, 5.41) is 17.9. The van der Waals surface area contributed by atoms with Crippen molar-refractivity contribution in [3.05, 3.63) is 42.2 Å². The second kappa shape index (κ2) is 3.65. The molecule has 0 radical (unpaired) electrons. The van der Waals surface area contributed by atoms with Gasteiger partial charge < -0.3 is 5.11 Å². The summed E-state index contributed by atoms with van der Waals surface area (Å²) in [6, 6.07) is 5.09. The van der Waals surface area contributed by atoms with Gasteiger partial charge in [-0.25, -0.2) is 0 Å². The van der Waals surface area contributed by atoms with E-state index >= 15 is 0 Å². The molecule has 12 heavy (non-hydrogen) atoms. The molecular weight excluding hydrogens is 152 g/mol. The predicted octanol–water partition coefficient (Wildman–Crippen LogP) is 1.19. The molecule has 1 aromatic rings. The van der Waals surface area contributed by atoms with E-state index in [4.69, 9.17) is 5.26 Å². The van der Waals surface area contributed by atoms with Gasteiger partial charge in [0, 0.05) is 12.4 Å². The van der Waals surface area contributed by atoms with Crippen LogP contribution in [0.2, 0.25) is 0 Å². The smallest absolute Gasteiger partial charge is 0.113 e. The van der Waals surface area contributed by atoms with Crippen LogP contribution in [0.5, 0.6) is 0 Å². The van der Waals surface area contributed by atoms with Crippen LogP contribution in [0, 0.1) is 11.3 Å². The second-order valence-electron chi connectivity index (χ2n) is 2.32. The van der Waals surface area contributed by atoms with Gasteiger partial charge in [0.2, 0.25) is 0 Å². The van der Waals surface area contributed by atoms with Crippen molar-refractivity contribution in [1.82, 2.24) is 4.98 Å². The van der Waals surface area contributed by atoms with Crippen molar-refractivity contribution >= 4 is 0 Å². The molecule has 0 aliphatic carbocycles. The molecule has 0 bridgehead atoms. The maximum atomic E-state index is 9.44. The Morgan fingerprint density at radius 3 is 2.67 bits per heavy atom. The van der Waals surface area contributed by atoms with Gasteiger partial charge in [0.05, 0.1) is 11.6 Å². The van der Waals surface area contributed by atoms with E-state index in [9.17, 15) is 5.11 Å².